The van der Waals surface area contributed by atoms with Gasteiger partial charge in [0.15, 0.2) is 5.78 Å². The molecule has 4 heteroatoms. The highest BCUT2D eigenvalue weighted by Gasteiger charge is 2.15. The van der Waals surface area contributed by atoms with Crippen molar-refractivity contribution in [1.29, 1.82) is 0 Å². The summed E-state index contributed by atoms with van der Waals surface area (Å²) < 4.78 is 6.03. The van der Waals surface area contributed by atoms with Gasteiger partial charge in [-0.2, -0.15) is 0 Å². The molecule has 0 aromatic heterocycles. The summed E-state index contributed by atoms with van der Waals surface area (Å²) in [5, 5.41) is 9.42. The zero-order chi connectivity index (χ0) is 24.0. The number of benzene rings is 4. The Morgan fingerprint density at radius 2 is 1.29 bits per heavy atom. The van der Waals surface area contributed by atoms with E-state index in [0.29, 0.717) is 16.9 Å². The number of anilines is 2. The highest BCUT2D eigenvalue weighted by Crippen LogP contribution is 2.34. The average molecular weight is 460 g/mol. The Kier molecular flexibility index (Phi) is 6.44. The van der Waals surface area contributed by atoms with Crippen LogP contribution >= 0.6 is 0 Å². The molecule has 0 radical (unpaired) electrons. The number of hydrogen-bond donors (Lipinski definition) is 1. The molecule has 5 rings (SSSR count). The first-order valence-corrected chi connectivity index (χ1v) is 11.6. The summed E-state index contributed by atoms with van der Waals surface area (Å²) in [4.78, 5) is 14.9. The van der Waals surface area contributed by atoms with E-state index >= 15 is 0 Å². The van der Waals surface area contributed by atoms with E-state index in [0.717, 1.165) is 30.0 Å². The second-order valence-electron chi connectivity index (χ2n) is 8.29. The van der Waals surface area contributed by atoms with E-state index in [4.69, 9.17) is 4.74 Å². The average Bonchev–Trinajstić information content (AvgIpc) is 2.92. The van der Waals surface area contributed by atoms with Gasteiger partial charge in [-0.05, 0) is 104 Å². The molecule has 4 aromatic carbocycles. The maximum Gasteiger partial charge on any atom is 0.193 e. The number of phenols is 1. The van der Waals surface area contributed by atoms with Gasteiger partial charge in [-0.1, -0.05) is 30.4 Å². The van der Waals surface area contributed by atoms with Crippen LogP contribution < -0.4 is 9.64 Å². The molecule has 0 heterocycles. The van der Waals surface area contributed by atoms with E-state index in [1.807, 2.05) is 18.2 Å². The fourth-order valence-electron chi connectivity index (χ4n) is 4.09. The van der Waals surface area contributed by atoms with Crippen LogP contribution in [0.3, 0.4) is 0 Å². The third kappa shape index (κ3) is 5.17. The van der Waals surface area contributed by atoms with Crippen molar-refractivity contribution < 1.29 is 14.6 Å². The molecule has 0 saturated heterocycles. The van der Waals surface area contributed by atoms with Gasteiger partial charge in [0, 0.05) is 28.2 Å². The first-order valence-electron chi connectivity index (χ1n) is 11.6. The first kappa shape index (κ1) is 22.2. The van der Waals surface area contributed by atoms with Crippen molar-refractivity contribution in [3.63, 3.8) is 0 Å². The molecule has 0 bridgehead atoms. The van der Waals surface area contributed by atoms with Crippen molar-refractivity contribution in [2.75, 3.05) is 4.90 Å². The predicted molar refractivity (Wildman–Crippen MR) is 140 cm³/mol. The number of nitrogens with zero attached hydrogens (tertiary/aromatic N) is 1. The lowest BCUT2D eigenvalue weighted by Gasteiger charge is -2.29. The van der Waals surface area contributed by atoms with E-state index in [-0.39, 0.29) is 11.5 Å². The maximum atomic E-state index is 12.6. The molecule has 1 N–H and O–H groups in total. The summed E-state index contributed by atoms with van der Waals surface area (Å²) in [6, 6.07) is 31.7. The maximum absolute atomic E-state index is 12.6. The lowest BCUT2D eigenvalue weighted by Crippen LogP contribution is -2.17. The van der Waals surface area contributed by atoms with Gasteiger partial charge in [-0.3, -0.25) is 4.79 Å². The second kappa shape index (κ2) is 10.1. The SMILES string of the molecule is O=C(c1ccc(O)cc1)c1ccc(Oc2ccc(N(C3=CC=CCC3)c3ccccc3)cc2)cc1. The van der Waals surface area contributed by atoms with Crippen molar-refractivity contribution in [2.45, 2.75) is 12.8 Å². The van der Waals surface area contributed by atoms with Gasteiger partial charge in [-0.25, -0.2) is 0 Å². The molecule has 4 aromatic rings. The van der Waals surface area contributed by atoms with Gasteiger partial charge in [0.05, 0.1) is 0 Å². The van der Waals surface area contributed by atoms with E-state index in [1.54, 1.807) is 36.4 Å². The molecule has 0 atom stereocenters. The molecule has 1 aliphatic rings. The minimum atomic E-state index is -0.103. The summed E-state index contributed by atoms with van der Waals surface area (Å²) in [7, 11) is 0. The van der Waals surface area contributed by atoms with Crippen LogP contribution in [-0.2, 0) is 0 Å². The van der Waals surface area contributed by atoms with Crippen LogP contribution in [0.15, 0.2) is 127 Å². The summed E-state index contributed by atoms with van der Waals surface area (Å²) in [6.45, 7) is 0. The smallest absolute Gasteiger partial charge is 0.193 e. The second-order valence-corrected chi connectivity index (χ2v) is 8.29. The third-order valence-corrected chi connectivity index (χ3v) is 5.87. The van der Waals surface area contributed by atoms with Crippen LogP contribution in [0.1, 0.15) is 28.8 Å². The van der Waals surface area contributed by atoms with Gasteiger partial charge in [0.1, 0.15) is 17.2 Å². The Morgan fingerprint density at radius 3 is 1.89 bits per heavy atom. The number of aromatic hydroxyl groups is 1. The fourth-order valence-corrected chi connectivity index (χ4v) is 4.09. The van der Waals surface area contributed by atoms with Gasteiger partial charge in [0.25, 0.3) is 0 Å². The highest BCUT2D eigenvalue weighted by molar-refractivity contribution is 6.09. The molecule has 1 aliphatic carbocycles. The van der Waals surface area contributed by atoms with Gasteiger partial charge < -0.3 is 14.7 Å². The van der Waals surface area contributed by atoms with Crippen LogP contribution in [0.4, 0.5) is 11.4 Å². The van der Waals surface area contributed by atoms with E-state index in [2.05, 4.69) is 59.5 Å². The summed E-state index contributed by atoms with van der Waals surface area (Å²) in [6.07, 6.45) is 8.48. The van der Waals surface area contributed by atoms with Gasteiger partial charge in [-0.15, -0.1) is 0 Å². The minimum absolute atomic E-state index is 0.103. The largest absolute Gasteiger partial charge is 0.508 e. The number of phenolic OH excluding ortho intramolecular Hbond substituents is 1. The lowest BCUT2D eigenvalue weighted by molar-refractivity contribution is 0.103. The normalized spacial score (nSPS) is 12.6. The summed E-state index contributed by atoms with van der Waals surface area (Å²) >= 11 is 0. The molecule has 4 nitrogen and oxygen atoms in total. The summed E-state index contributed by atoms with van der Waals surface area (Å²) in [5.74, 6) is 1.40. The molecular formula is C31H25NO3. The molecular weight excluding hydrogens is 434 g/mol. The van der Waals surface area contributed by atoms with Crippen LogP contribution in [0.5, 0.6) is 17.2 Å². The van der Waals surface area contributed by atoms with Crippen molar-refractivity contribution in [1.82, 2.24) is 0 Å². The molecule has 0 amide bonds. The van der Waals surface area contributed by atoms with E-state index in [1.165, 1.54) is 17.8 Å². The number of ketones is 1. The number of allylic oxidation sites excluding steroid dienone is 4. The van der Waals surface area contributed by atoms with E-state index in [9.17, 15) is 9.90 Å². The molecule has 35 heavy (non-hydrogen) atoms. The summed E-state index contributed by atoms with van der Waals surface area (Å²) in [5.41, 5.74) is 4.53. The number of carbonyl (C=O) groups excluding carboxylic acids is 1. The van der Waals surface area contributed by atoms with Crippen molar-refractivity contribution >= 4 is 17.2 Å². The van der Waals surface area contributed by atoms with Crippen LogP contribution in [-0.4, -0.2) is 10.9 Å². The van der Waals surface area contributed by atoms with Crippen molar-refractivity contribution in [2.24, 2.45) is 0 Å². The van der Waals surface area contributed by atoms with Gasteiger partial charge >= 0.3 is 0 Å². The Bertz CT molecular complexity index is 1350. The molecule has 0 fully saturated rings. The zero-order valence-corrected chi connectivity index (χ0v) is 19.2. The minimum Gasteiger partial charge on any atom is -0.508 e. The van der Waals surface area contributed by atoms with E-state index < -0.39 is 0 Å². The Labute approximate surface area is 205 Å². The molecule has 0 unspecified atom stereocenters. The molecule has 172 valence electrons. The zero-order valence-electron chi connectivity index (χ0n) is 19.2. The number of para-hydroxylation sites is 1. The van der Waals surface area contributed by atoms with Crippen molar-refractivity contribution in [3.8, 4) is 17.2 Å². The molecule has 0 saturated carbocycles. The van der Waals surface area contributed by atoms with Crippen molar-refractivity contribution in [3.05, 3.63) is 138 Å². The number of hydrogen-bond acceptors (Lipinski definition) is 4. The quantitative estimate of drug-likeness (QED) is 0.287. The standard InChI is InChI=1S/C31H25NO3/c33-28-17-11-23(12-18-28)31(34)24-13-19-29(20-14-24)35-30-21-15-27(16-22-30)32(25-7-3-1-4-8-25)26-9-5-2-6-10-26/h1-5,7-9,11-22,33H,6,10H2. The highest BCUT2D eigenvalue weighted by atomic mass is 16.5. The van der Waals surface area contributed by atoms with Crippen LogP contribution in [0, 0.1) is 0 Å². The number of rotatable bonds is 7. The van der Waals surface area contributed by atoms with Gasteiger partial charge in [0.2, 0.25) is 0 Å². The first-order chi connectivity index (χ1) is 17.2. The Balaban J connectivity index is 1.32. The Hall–Kier alpha value is -4.57. The third-order valence-electron chi connectivity index (χ3n) is 5.87. The Morgan fingerprint density at radius 1 is 0.714 bits per heavy atom. The number of ether oxygens (including phenoxy) is 1. The lowest BCUT2D eigenvalue weighted by atomic mass is 10.0. The molecule has 0 spiro atoms. The van der Waals surface area contributed by atoms with Crippen LogP contribution in [0.2, 0.25) is 0 Å². The van der Waals surface area contributed by atoms with Crippen LogP contribution in [0.25, 0.3) is 0 Å². The topological polar surface area (TPSA) is 49.8 Å². The fraction of sp³-hybridized carbons (Fsp3) is 0.0645. The predicted octanol–water partition coefficient (Wildman–Crippen LogP) is 7.79. The molecule has 0 aliphatic heterocycles. The monoisotopic (exact) mass is 459 g/mol. The number of carbonyl (C=O) groups is 1.